The summed E-state index contributed by atoms with van der Waals surface area (Å²) in [6.45, 7) is 0. The van der Waals surface area contributed by atoms with E-state index in [-0.39, 0.29) is 0 Å². The van der Waals surface area contributed by atoms with E-state index in [1.54, 1.807) is 11.1 Å². The largest absolute Gasteiger partial charge is 0.311 e. The molecule has 2 aliphatic heterocycles. The van der Waals surface area contributed by atoms with Crippen LogP contribution in [-0.2, 0) is 6.42 Å². The van der Waals surface area contributed by atoms with Crippen molar-refractivity contribution in [3.8, 4) is 0 Å². The summed E-state index contributed by atoms with van der Waals surface area (Å²) in [7, 11) is 2.36. The van der Waals surface area contributed by atoms with Gasteiger partial charge in [-0.3, -0.25) is 4.90 Å². The van der Waals surface area contributed by atoms with Crippen molar-refractivity contribution in [3.63, 3.8) is 0 Å². The predicted octanol–water partition coefficient (Wildman–Crippen LogP) is 3.65. The summed E-state index contributed by atoms with van der Waals surface area (Å²) in [6, 6.07) is 9.84. The SMILES string of the molecule is CN(C1CC2CCC(C1)N2)C1CCc2cc(Br)ccc21. The number of nitrogens with zero attached hydrogens (tertiary/aromatic N) is 1. The summed E-state index contributed by atoms with van der Waals surface area (Å²) < 4.78 is 1.22. The molecule has 0 spiro atoms. The van der Waals surface area contributed by atoms with Crippen molar-refractivity contribution < 1.29 is 0 Å². The highest BCUT2D eigenvalue weighted by molar-refractivity contribution is 9.10. The average Bonchev–Trinajstić information content (AvgIpc) is 3.00. The van der Waals surface area contributed by atoms with Gasteiger partial charge in [0.25, 0.3) is 0 Å². The van der Waals surface area contributed by atoms with Crippen LogP contribution in [-0.4, -0.2) is 30.1 Å². The summed E-state index contributed by atoms with van der Waals surface area (Å²) in [5.74, 6) is 0. The molecule has 4 rings (SSSR count). The molecule has 2 heterocycles. The second-order valence-corrected chi connectivity index (χ2v) is 7.74. The number of halogens is 1. The molecule has 3 unspecified atom stereocenters. The van der Waals surface area contributed by atoms with Crippen molar-refractivity contribution in [1.82, 2.24) is 10.2 Å². The minimum Gasteiger partial charge on any atom is -0.311 e. The van der Waals surface area contributed by atoms with Crippen molar-refractivity contribution in [2.45, 2.75) is 62.7 Å². The van der Waals surface area contributed by atoms with Crippen molar-refractivity contribution in [2.24, 2.45) is 0 Å². The molecular formula is C17H23BrN2. The molecule has 108 valence electrons. The Morgan fingerprint density at radius 3 is 2.65 bits per heavy atom. The number of aryl methyl sites for hydroxylation is 1. The van der Waals surface area contributed by atoms with E-state index in [0.717, 1.165) is 18.1 Å². The predicted molar refractivity (Wildman–Crippen MR) is 85.9 cm³/mol. The van der Waals surface area contributed by atoms with E-state index in [2.05, 4.69) is 51.4 Å². The molecule has 2 bridgehead atoms. The monoisotopic (exact) mass is 334 g/mol. The molecule has 2 fully saturated rings. The second-order valence-electron chi connectivity index (χ2n) is 6.83. The average molecular weight is 335 g/mol. The van der Waals surface area contributed by atoms with Crippen LogP contribution >= 0.6 is 15.9 Å². The quantitative estimate of drug-likeness (QED) is 0.887. The van der Waals surface area contributed by atoms with Crippen molar-refractivity contribution in [2.75, 3.05) is 7.05 Å². The number of fused-ring (bicyclic) bond motifs is 3. The van der Waals surface area contributed by atoms with Gasteiger partial charge in [0.1, 0.15) is 0 Å². The topological polar surface area (TPSA) is 15.3 Å². The van der Waals surface area contributed by atoms with Gasteiger partial charge < -0.3 is 5.32 Å². The zero-order valence-electron chi connectivity index (χ0n) is 12.1. The Balaban J connectivity index is 1.54. The molecule has 0 amide bonds. The molecule has 1 aromatic rings. The molecule has 3 aliphatic rings. The van der Waals surface area contributed by atoms with Gasteiger partial charge in [-0.25, -0.2) is 0 Å². The van der Waals surface area contributed by atoms with Crippen LogP contribution in [0.3, 0.4) is 0 Å². The zero-order chi connectivity index (χ0) is 13.7. The maximum atomic E-state index is 3.76. The fraction of sp³-hybridized carbons (Fsp3) is 0.647. The lowest BCUT2D eigenvalue weighted by atomic mass is 9.96. The Morgan fingerprint density at radius 2 is 1.90 bits per heavy atom. The van der Waals surface area contributed by atoms with E-state index in [9.17, 15) is 0 Å². The number of nitrogens with one attached hydrogen (secondary N) is 1. The maximum Gasteiger partial charge on any atom is 0.0353 e. The Labute approximate surface area is 130 Å². The standard InChI is InChI=1S/C17H23BrN2/c1-20(15-9-13-4-5-14(10-15)19-13)17-7-2-11-8-12(18)3-6-16(11)17/h3,6,8,13-15,17,19H,2,4-5,7,9-10H2,1H3. The molecule has 0 aromatic heterocycles. The maximum absolute atomic E-state index is 3.76. The minimum absolute atomic E-state index is 0.639. The van der Waals surface area contributed by atoms with Crippen LogP contribution in [0.1, 0.15) is 49.3 Å². The molecular weight excluding hydrogens is 312 g/mol. The molecule has 20 heavy (non-hydrogen) atoms. The third-order valence-corrected chi connectivity index (χ3v) is 6.16. The lowest BCUT2D eigenvalue weighted by Crippen LogP contribution is -2.47. The molecule has 1 aromatic carbocycles. The first-order valence-corrected chi connectivity index (χ1v) is 8.76. The molecule has 3 heteroatoms. The lowest BCUT2D eigenvalue weighted by molar-refractivity contribution is 0.124. The van der Waals surface area contributed by atoms with Crippen LogP contribution in [0, 0.1) is 0 Å². The van der Waals surface area contributed by atoms with Gasteiger partial charge in [-0.2, -0.15) is 0 Å². The Bertz CT molecular complexity index is 504. The van der Waals surface area contributed by atoms with Crippen LogP contribution in [0.4, 0.5) is 0 Å². The summed E-state index contributed by atoms with van der Waals surface area (Å²) in [5.41, 5.74) is 3.12. The molecule has 1 N–H and O–H groups in total. The fourth-order valence-corrected chi connectivity index (χ4v) is 5.01. The van der Waals surface area contributed by atoms with Crippen LogP contribution in [0.15, 0.2) is 22.7 Å². The Morgan fingerprint density at radius 1 is 1.15 bits per heavy atom. The number of piperidine rings is 1. The highest BCUT2D eigenvalue weighted by Gasteiger charge is 2.38. The Kier molecular flexibility index (Phi) is 3.40. The third-order valence-electron chi connectivity index (χ3n) is 5.67. The first kappa shape index (κ1) is 13.3. The normalized spacial score (nSPS) is 35.5. The van der Waals surface area contributed by atoms with E-state index >= 15 is 0 Å². The molecule has 0 radical (unpaired) electrons. The summed E-state index contributed by atoms with van der Waals surface area (Å²) in [4.78, 5) is 2.69. The molecule has 0 saturated carbocycles. The van der Waals surface area contributed by atoms with Gasteiger partial charge in [-0.1, -0.05) is 22.0 Å². The second kappa shape index (κ2) is 5.11. The van der Waals surface area contributed by atoms with E-state index in [1.807, 2.05) is 0 Å². The van der Waals surface area contributed by atoms with Crippen molar-refractivity contribution in [3.05, 3.63) is 33.8 Å². The summed E-state index contributed by atoms with van der Waals surface area (Å²) >= 11 is 3.60. The lowest BCUT2D eigenvalue weighted by Gasteiger charge is -2.39. The highest BCUT2D eigenvalue weighted by atomic mass is 79.9. The van der Waals surface area contributed by atoms with Crippen LogP contribution < -0.4 is 5.32 Å². The van der Waals surface area contributed by atoms with Crippen LogP contribution in [0.25, 0.3) is 0 Å². The van der Waals surface area contributed by atoms with Gasteiger partial charge in [0, 0.05) is 28.6 Å². The molecule has 2 saturated heterocycles. The smallest absolute Gasteiger partial charge is 0.0353 e. The fourth-order valence-electron chi connectivity index (χ4n) is 4.60. The first-order valence-electron chi connectivity index (χ1n) is 7.97. The molecule has 3 atom stereocenters. The molecule has 2 nitrogen and oxygen atoms in total. The minimum atomic E-state index is 0.639. The summed E-state index contributed by atoms with van der Waals surface area (Å²) in [6.07, 6.45) is 8.00. The van der Waals surface area contributed by atoms with E-state index < -0.39 is 0 Å². The van der Waals surface area contributed by atoms with Gasteiger partial charge >= 0.3 is 0 Å². The van der Waals surface area contributed by atoms with E-state index in [4.69, 9.17) is 0 Å². The first-order chi connectivity index (χ1) is 9.70. The number of hydrogen-bond donors (Lipinski definition) is 1. The third kappa shape index (κ3) is 2.24. The van der Waals surface area contributed by atoms with Gasteiger partial charge in [0.15, 0.2) is 0 Å². The number of rotatable bonds is 2. The van der Waals surface area contributed by atoms with E-state index in [1.165, 1.54) is 43.0 Å². The Hall–Kier alpha value is -0.380. The van der Waals surface area contributed by atoms with Crippen LogP contribution in [0.2, 0.25) is 0 Å². The van der Waals surface area contributed by atoms with Gasteiger partial charge in [0.2, 0.25) is 0 Å². The van der Waals surface area contributed by atoms with E-state index in [0.29, 0.717) is 6.04 Å². The molecule has 1 aliphatic carbocycles. The summed E-state index contributed by atoms with van der Waals surface area (Å²) in [5, 5.41) is 3.76. The van der Waals surface area contributed by atoms with Crippen molar-refractivity contribution in [1.29, 1.82) is 0 Å². The highest BCUT2D eigenvalue weighted by Crippen LogP contribution is 2.40. The van der Waals surface area contributed by atoms with Crippen LogP contribution in [0.5, 0.6) is 0 Å². The number of hydrogen-bond acceptors (Lipinski definition) is 2. The zero-order valence-corrected chi connectivity index (χ0v) is 13.7. The van der Waals surface area contributed by atoms with Gasteiger partial charge in [-0.05, 0) is 68.8 Å². The van der Waals surface area contributed by atoms with Gasteiger partial charge in [-0.15, -0.1) is 0 Å². The van der Waals surface area contributed by atoms with Crippen molar-refractivity contribution >= 4 is 15.9 Å². The number of benzene rings is 1. The van der Waals surface area contributed by atoms with Gasteiger partial charge in [0.05, 0.1) is 0 Å².